The normalized spacial score (nSPS) is 13.0. The summed E-state index contributed by atoms with van der Waals surface area (Å²) in [7, 11) is 0. The average Bonchev–Trinajstić information content (AvgIpc) is 2.96. The van der Waals surface area contributed by atoms with E-state index in [1.165, 1.54) is 9.58 Å². The van der Waals surface area contributed by atoms with Crippen LogP contribution in [0.5, 0.6) is 0 Å². The number of nitrogens with two attached hydrogens (primary N) is 1. The van der Waals surface area contributed by atoms with Crippen LogP contribution in [0.4, 0.5) is 0 Å². The van der Waals surface area contributed by atoms with Crippen LogP contribution in [0.2, 0.25) is 0 Å². The number of fused-ring (bicyclic) bond motifs is 1. The van der Waals surface area contributed by atoms with Gasteiger partial charge in [0.2, 0.25) is 0 Å². The standard InChI is InChI=1S/C12H11N3S2/c13-9(5-8-6-14-7-16-8)12-15-10-3-1-2-4-11(10)17-12/h1-4,6-7,9H,5,13H2. The Hall–Kier alpha value is -1.30. The molecule has 0 spiro atoms. The quantitative estimate of drug-likeness (QED) is 0.788. The lowest BCUT2D eigenvalue weighted by Gasteiger charge is -2.05. The first-order chi connectivity index (χ1) is 8.33. The van der Waals surface area contributed by atoms with E-state index in [0.29, 0.717) is 0 Å². The minimum Gasteiger partial charge on any atom is -0.322 e. The summed E-state index contributed by atoms with van der Waals surface area (Å²) in [6.07, 6.45) is 2.68. The monoisotopic (exact) mass is 261 g/mol. The zero-order valence-electron chi connectivity index (χ0n) is 9.04. The van der Waals surface area contributed by atoms with Gasteiger partial charge < -0.3 is 5.73 Å². The fourth-order valence-corrected chi connectivity index (χ4v) is 3.32. The molecule has 2 heterocycles. The van der Waals surface area contributed by atoms with Crippen molar-refractivity contribution in [1.82, 2.24) is 9.97 Å². The molecule has 0 saturated carbocycles. The molecule has 5 heteroatoms. The summed E-state index contributed by atoms with van der Waals surface area (Å²) in [6.45, 7) is 0. The first-order valence-corrected chi connectivity index (χ1v) is 7.01. The molecule has 0 aliphatic rings. The van der Waals surface area contributed by atoms with Crippen LogP contribution in [0.3, 0.4) is 0 Å². The highest BCUT2D eigenvalue weighted by atomic mass is 32.1. The van der Waals surface area contributed by atoms with Crippen molar-refractivity contribution in [3.63, 3.8) is 0 Å². The van der Waals surface area contributed by atoms with E-state index in [4.69, 9.17) is 5.73 Å². The molecule has 0 fully saturated rings. The summed E-state index contributed by atoms with van der Waals surface area (Å²) >= 11 is 3.31. The van der Waals surface area contributed by atoms with E-state index in [0.717, 1.165) is 16.9 Å². The second-order valence-electron chi connectivity index (χ2n) is 3.80. The average molecular weight is 261 g/mol. The van der Waals surface area contributed by atoms with Gasteiger partial charge >= 0.3 is 0 Å². The van der Waals surface area contributed by atoms with E-state index in [9.17, 15) is 0 Å². The molecule has 17 heavy (non-hydrogen) atoms. The zero-order chi connectivity index (χ0) is 11.7. The van der Waals surface area contributed by atoms with Crippen molar-refractivity contribution in [3.8, 4) is 0 Å². The molecule has 0 bridgehead atoms. The van der Waals surface area contributed by atoms with Crippen molar-refractivity contribution in [2.45, 2.75) is 12.5 Å². The predicted octanol–water partition coefficient (Wildman–Crippen LogP) is 3.00. The molecular weight excluding hydrogens is 250 g/mol. The highest BCUT2D eigenvalue weighted by molar-refractivity contribution is 7.18. The summed E-state index contributed by atoms with van der Waals surface area (Å²) in [6, 6.07) is 8.09. The number of thiazole rings is 2. The fourth-order valence-electron chi connectivity index (χ4n) is 1.70. The number of para-hydroxylation sites is 1. The molecule has 0 aliphatic carbocycles. The van der Waals surface area contributed by atoms with Crippen LogP contribution < -0.4 is 5.73 Å². The maximum atomic E-state index is 6.18. The molecular formula is C12H11N3S2. The lowest BCUT2D eigenvalue weighted by Crippen LogP contribution is -2.12. The third-order valence-electron chi connectivity index (χ3n) is 2.53. The van der Waals surface area contributed by atoms with Gasteiger partial charge in [0, 0.05) is 17.5 Å². The van der Waals surface area contributed by atoms with E-state index in [2.05, 4.69) is 16.0 Å². The molecule has 3 nitrogen and oxygen atoms in total. The molecule has 2 aromatic heterocycles. The first kappa shape index (κ1) is 10.8. The Labute approximate surface area is 107 Å². The van der Waals surface area contributed by atoms with E-state index in [1.54, 1.807) is 22.7 Å². The summed E-state index contributed by atoms with van der Waals surface area (Å²) < 4.78 is 1.20. The highest BCUT2D eigenvalue weighted by Gasteiger charge is 2.13. The first-order valence-electron chi connectivity index (χ1n) is 5.31. The van der Waals surface area contributed by atoms with Crippen LogP contribution in [0.15, 0.2) is 36.0 Å². The van der Waals surface area contributed by atoms with Crippen LogP contribution in [-0.4, -0.2) is 9.97 Å². The molecule has 3 aromatic rings. The molecule has 0 aliphatic heterocycles. The third kappa shape index (κ3) is 2.22. The Kier molecular flexibility index (Phi) is 2.88. The van der Waals surface area contributed by atoms with Gasteiger partial charge in [-0.2, -0.15) is 0 Å². The zero-order valence-corrected chi connectivity index (χ0v) is 10.7. The van der Waals surface area contributed by atoms with Gasteiger partial charge in [-0.05, 0) is 12.1 Å². The van der Waals surface area contributed by atoms with E-state index in [-0.39, 0.29) is 6.04 Å². The van der Waals surface area contributed by atoms with Crippen LogP contribution in [0.1, 0.15) is 15.9 Å². The molecule has 0 amide bonds. The van der Waals surface area contributed by atoms with Crippen molar-refractivity contribution < 1.29 is 0 Å². The maximum absolute atomic E-state index is 6.18. The Bertz CT molecular complexity index is 583. The van der Waals surface area contributed by atoms with E-state index >= 15 is 0 Å². The second kappa shape index (κ2) is 4.52. The summed E-state index contributed by atoms with van der Waals surface area (Å²) in [4.78, 5) is 9.83. The lowest BCUT2D eigenvalue weighted by atomic mass is 10.2. The minimum atomic E-state index is -0.0344. The van der Waals surface area contributed by atoms with Crippen LogP contribution in [-0.2, 0) is 6.42 Å². The van der Waals surface area contributed by atoms with Crippen LogP contribution >= 0.6 is 22.7 Å². The van der Waals surface area contributed by atoms with Crippen molar-refractivity contribution in [1.29, 1.82) is 0 Å². The molecule has 2 N–H and O–H groups in total. The Balaban J connectivity index is 1.88. The van der Waals surface area contributed by atoms with Gasteiger partial charge in [-0.1, -0.05) is 12.1 Å². The highest BCUT2D eigenvalue weighted by Crippen LogP contribution is 2.27. The SMILES string of the molecule is NC(Cc1cncs1)c1nc2ccccc2s1. The molecule has 1 aromatic carbocycles. The Morgan fingerprint density at radius 1 is 1.29 bits per heavy atom. The molecule has 0 saturated heterocycles. The molecule has 86 valence electrons. The number of hydrogen-bond donors (Lipinski definition) is 1. The molecule has 0 radical (unpaired) electrons. The van der Waals surface area contributed by atoms with E-state index in [1.807, 2.05) is 29.9 Å². The van der Waals surface area contributed by atoms with Crippen molar-refractivity contribution >= 4 is 32.9 Å². The Morgan fingerprint density at radius 2 is 2.18 bits per heavy atom. The summed E-state index contributed by atoms with van der Waals surface area (Å²) in [5, 5.41) is 1.000. The van der Waals surface area contributed by atoms with Gasteiger partial charge in [0.05, 0.1) is 21.8 Å². The van der Waals surface area contributed by atoms with Gasteiger partial charge in [0.15, 0.2) is 0 Å². The van der Waals surface area contributed by atoms with Crippen LogP contribution in [0.25, 0.3) is 10.2 Å². The van der Waals surface area contributed by atoms with Gasteiger partial charge in [0.25, 0.3) is 0 Å². The van der Waals surface area contributed by atoms with Crippen molar-refractivity contribution in [3.05, 3.63) is 45.9 Å². The number of benzene rings is 1. The number of nitrogens with zero attached hydrogens (tertiary/aromatic N) is 2. The molecule has 1 unspecified atom stereocenters. The minimum absolute atomic E-state index is 0.0344. The largest absolute Gasteiger partial charge is 0.322 e. The summed E-state index contributed by atoms with van der Waals surface area (Å²) in [5.74, 6) is 0. The van der Waals surface area contributed by atoms with Gasteiger partial charge in [-0.3, -0.25) is 4.98 Å². The number of hydrogen-bond acceptors (Lipinski definition) is 5. The predicted molar refractivity (Wildman–Crippen MR) is 72.4 cm³/mol. The molecule has 1 atom stereocenters. The molecule has 3 rings (SSSR count). The lowest BCUT2D eigenvalue weighted by molar-refractivity contribution is 0.724. The number of aromatic nitrogens is 2. The van der Waals surface area contributed by atoms with Gasteiger partial charge in [0.1, 0.15) is 5.01 Å². The van der Waals surface area contributed by atoms with Gasteiger partial charge in [-0.25, -0.2) is 4.98 Å². The second-order valence-corrected chi connectivity index (χ2v) is 5.83. The maximum Gasteiger partial charge on any atom is 0.111 e. The third-order valence-corrected chi connectivity index (χ3v) is 4.50. The summed E-state index contributed by atoms with van der Waals surface area (Å²) in [5.41, 5.74) is 9.05. The van der Waals surface area contributed by atoms with Crippen molar-refractivity contribution in [2.24, 2.45) is 5.73 Å². The van der Waals surface area contributed by atoms with Crippen molar-refractivity contribution in [2.75, 3.05) is 0 Å². The van der Waals surface area contributed by atoms with E-state index < -0.39 is 0 Å². The fraction of sp³-hybridized carbons (Fsp3) is 0.167. The van der Waals surface area contributed by atoms with Crippen LogP contribution in [0, 0.1) is 0 Å². The van der Waals surface area contributed by atoms with Gasteiger partial charge in [-0.15, -0.1) is 22.7 Å². The Morgan fingerprint density at radius 3 is 2.94 bits per heavy atom. The number of rotatable bonds is 3. The smallest absolute Gasteiger partial charge is 0.111 e. The topological polar surface area (TPSA) is 51.8 Å².